The van der Waals surface area contributed by atoms with Crippen LogP contribution in [0.4, 0.5) is 0 Å². The van der Waals surface area contributed by atoms with E-state index in [2.05, 4.69) is 10.1 Å². The molecule has 1 aromatic rings. The number of nitrogens with zero attached hydrogens (tertiary/aromatic N) is 3. The minimum absolute atomic E-state index is 0.0312. The third-order valence-corrected chi connectivity index (χ3v) is 2.63. The van der Waals surface area contributed by atoms with E-state index in [4.69, 9.17) is 9.63 Å². The van der Waals surface area contributed by atoms with Crippen molar-refractivity contribution >= 4 is 11.9 Å². The predicted octanol–water partition coefficient (Wildman–Crippen LogP) is 1.02. The van der Waals surface area contributed by atoms with Gasteiger partial charge in [-0.1, -0.05) is 5.16 Å². The first-order chi connectivity index (χ1) is 8.90. The van der Waals surface area contributed by atoms with Crippen molar-refractivity contribution in [2.75, 3.05) is 6.54 Å². The number of carboxylic acid groups (broad SMARTS) is 1. The minimum atomic E-state index is -0.911. The number of carbonyl (C=O) groups excluding carboxylic acids is 1. The van der Waals surface area contributed by atoms with Gasteiger partial charge in [-0.2, -0.15) is 4.98 Å². The van der Waals surface area contributed by atoms with E-state index in [1.54, 1.807) is 11.8 Å². The summed E-state index contributed by atoms with van der Waals surface area (Å²) in [4.78, 5) is 28.2. The Bertz CT molecular complexity index is 442. The van der Waals surface area contributed by atoms with E-state index < -0.39 is 5.97 Å². The van der Waals surface area contributed by atoms with Crippen LogP contribution in [-0.4, -0.2) is 44.6 Å². The van der Waals surface area contributed by atoms with Crippen LogP contribution >= 0.6 is 0 Å². The SMILES string of the molecule is Cc1noc(CCC(=O)N(CCC(=O)O)C(C)C)n1. The molecule has 0 saturated heterocycles. The van der Waals surface area contributed by atoms with Crippen molar-refractivity contribution in [1.29, 1.82) is 0 Å². The Morgan fingerprint density at radius 1 is 1.37 bits per heavy atom. The Morgan fingerprint density at radius 3 is 2.53 bits per heavy atom. The number of hydrogen-bond acceptors (Lipinski definition) is 5. The van der Waals surface area contributed by atoms with Gasteiger partial charge in [-0.25, -0.2) is 0 Å². The zero-order valence-electron chi connectivity index (χ0n) is 11.4. The smallest absolute Gasteiger partial charge is 0.305 e. The first kappa shape index (κ1) is 15.1. The van der Waals surface area contributed by atoms with E-state index in [0.717, 1.165) is 0 Å². The van der Waals surface area contributed by atoms with Crippen molar-refractivity contribution < 1.29 is 19.2 Å². The summed E-state index contributed by atoms with van der Waals surface area (Å²) in [6, 6.07) is -0.0312. The molecule has 0 radical (unpaired) electrons. The van der Waals surface area contributed by atoms with Crippen molar-refractivity contribution in [3.8, 4) is 0 Å². The first-order valence-electron chi connectivity index (χ1n) is 6.20. The van der Waals surface area contributed by atoms with Crippen molar-refractivity contribution in [2.45, 2.75) is 46.1 Å². The quantitative estimate of drug-likeness (QED) is 0.793. The number of hydrogen-bond donors (Lipinski definition) is 1. The topological polar surface area (TPSA) is 96.5 Å². The highest BCUT2D eigenvalue weighted by atomic mass is 16.5. The van der Waals surface area contributed by atoms with Crippen LogP contribution in [0, 0.1) is 6.92 Å². The summed E-state index contributed by atoms with van der Waals surface area (Å²) in [5, 5.41) is 12.3. The van der Waals surface area contributed by atoms with Crippen LogP contribution in [0.15, 0.2) is 4.52 Å². The van der Waals surface area contributed by atoms with Crippen molar-refractivity contribution in [1.82, 2.24) is 15.0 Å². The second kappa shape index (κ2) is 6.86. The third kappa shape index (κ3) is 5.07. The Labute approximate surface area is 111 Å². The van der Waals surface area contributed by atoms with Crippen LogP contribution in [-0.2, 0) is 16.0 Å². The van der Waals surface area contributed by atoms with Gasteiger partial charge in [0.15, 0.2) is 5.82 Å². The lowest BCUT2D eigenvalue weighted by Gasteiger charge is -2.26. The summed E-state index contributed by atoms with van der Waals surface area (Å²) in [7, 11) is 0. The zero-order valence-corrected chi connectivity index (χ0v) is 11.4. The lowest BCUT2D eigenvalue weighted by molar-refractivity contribution is -0.139. The molecular formula is C12H19N3O4. The number of aromatic nitrogens is 2. The highest BCUT2D eigenvalue weighted by molar-refractivity contribution is 5.77. The van der Waals surface area contributed by atoms with E-state index in [9.17, 15) is 9.59 Å². The number of aryl methyl sites for hydroxylation is 2. The fourth-order valence-corrected chi connectivity index (χ4v) is 1.69. The molecular weight excluding hydrogens is 250 g/mol. The number of amides is 1. The van der Waals surface area contributed by atoms with Gasteiger partial charge in [0.25, 0.3) is 0 Å². The molecule has 1 heterocycles. The summed E-state index contributed by atoms with van der Waals surface area (Å²) in [5.41, 5.74) is 0. The third-order valence-electron chi connectivity index (χ3n) is 2.63. The fraction of sp³-hybridized carbons (Fsp3) is 0.667. The maximum Gasteiger partial charge on any atom is 0.305 e. The number of carboxylic acids is 1. The molecule has 0 unspecified atom stereocenters. The summed E-state index contributed by atoms with van der Waals surface area (Å²) in [6.45, 7) is 5.64. The second-order valence-electron chi connectivity index (χ2n) is 4.56. The molecule has 1 rings (SSSR count). The monoisotopic (exact) mass is 269 g/mol. The maximum atomic E-state index is 12.0. The van der Waals surface area contributed by atoms with Crippen LogP contribution in [0.3, 0.4) is 0 Å². The van der Waals surface area contributed by atoms with E-state index >= 15 is 0 Å². The van der Waals surface area contributed by atoms with Crippen LogP contribution in [0.1, 0.15) is 38.4 Å². The summed E-state index contributed by atoms with van der Waals surface area (Å²) >= 11 is 0. The van der Waals surface area contributed by atoms with Crippen LogP contribution < -0.4 is 0 Å². The van der Waals surface area contributed by atoms with Gasteiger partial charge in [-0.15, -0.1) is 0 Å². The molecule has 0 saturated carbocycles. The van der Waals surface area contributed by atoms with Gasteiger partial charge in [0.2, 0.25) is 11.8 Å². The highest BCUT2D eigenvalue weighted by Crippen LogP contribution is 2.07. The largest absolute Gasteiger partial charge is 0.481 e. The van der Waals surface area contributed by atoms with E-state index in [-0.39, 0.29) is 31.3 Å². The lowest BCUT2D eigenvalue weighted by Crippen LogP contribution is -2.38. The van der Waals surface area contributed by atoms with Gasteiger partial charge < -0.3 is 14.5 Å². The molecule has 0 spiro atoms. The molecule has 7 nitrogen and oxygen atoms in total. The number of rotatable bonds is 7. The summed E-state index contributed by atoms with van der Waals surface area (Å²) < 4.78 is 4.93. The molecule has 1 N–H and O–H groups in total. The number of aliphatic carboxylic acids is 1. The molecule has 0 fully saturated rings. The molecule has 19 heavy (non-hydrogen) atoms. The highest BCUT2D eigenvalue weighted by Gasteiger charge is 2.18. The Morgan fingerprint density at radius 2 is 2.05 bits per heavy atom. The van der Waals surface area contributed by atoms with E-state index in [1.165, 1.54) is 0 Å². The standard InChI is InChI=1S/C12H19N3O4/c1-8(2)15(7-6-12(17)18)11(16)5-4-10-13-9(3)14-19-10/h8H,4-7H2,1-3H3,(H,17,18). The first-order valence-corrected chi connectivity index (χ1v) is 6.20. The normalized spacial score (nSPS) is 10.7. The lowest BCUT2D eigenvalue weighted by atomic mass is 10.2. The predicted molar refractivity (Wildman–Crippen MR) is 66.5 cm³/mol. The minimum Gasteiger partial charge on any atom is -0.481 e. The molecule has 7 heteroatoms. The maximum absolute atomic E-state index is 12.0. The molecule has 0 aliphatic carbocycles. The van der Waals surface area contributed by atoms with Gasteiger partial charge >= 0.3 is 5.97 Å². The van der Waals surface area contributed by atoms with Gasteiger partial charge in [-0.05, 0) is 20.8 Å². The van der Waals surface area contributed by atoms with Crippen molar-refractivity contribution in [3.05, 3.63) is 11.7 Å². The van der Waals surface area contributed by atoms with Crippen molar-refractivity contribution in [2.24, 2.45) is 0 Å². The second-order valence-corrected chi connectivity index (χ2v) is 4.56. The molecule has 0 aliphatic heterocycles. The van der Waals surface area contributed by atoms with Gasteiger partial charge in [0, 0.05) is 25.4 Å². The average Bonchev–Trinajstić information content (AvgIpc) is 2.72. The molecule has 0 bridgehead atoms. The Hall–Kier alpha value is -1.92. The average molecular weight is 269 g/mol. The van der Waals surface area contributed by atoms with E-state index in [0.29, 0.717) is 18.1 Å². The summed E-state index contributed by atoms with van der Waals surface area (Å²) in [5.74, 6) is -0.0556. The zero-order chi connectivity index (χ0) is 14.4. The Kier molecular flexibility index (Phi) is 5.47. The van der Waals surface area contributed by atoms with Gasteiger partial charge in [0.05, 0.1) is 6.42 Å². The molecule has 0 aliphatic rings. The molecule has 106 valence electrons. The van der Waals surface area contributed by atoms with Crippen LogP contribution in [0.2, 0.25) is 0 Å². The van der Waals surface area contributed by atoms with Crippen LogP contribution in [0.5, 0.6) is 0 Å². The molecule has 0 atom stereocenters. The Balaban J connectivity index is 2.49. The van der Waals surface area contributed by atoms with Gasteiger partial charge in [0.1, 0.15) is 0 Å². The van der Waals surface area contributed by atoms with E-state index in [1.807, 2.05) is 13.8 Å². The fourth-order valence-electron chi connectivity index (χ4n) is 1.69. The molecule has 1 aromatic heterocycles. The molecule has 1 amide bonds. The van der Waals surface area contributed by atoms with Crippen LogP contribution in [0.25, 0.3) is 0 Å². The van der Waals surface area contributed by atoms with Gasteiger partial charge in [-0.3, -0.25) is 9.59 Å². The molecule has 0 aromatic carbocycles. The number of carbonyl (C=O) groups is 2. The van der Waals surface area contributed by atoms with Crippen molar-refractivity contribution in [3.63, 3.8) is 0 Å². The summed E-state index contributed by atoms with van der Waals surface area (Å²) in [6.07, 6.45) is 0.555.